The van der Waals surface area contributed by atoms with Crippen molar-refractivity contribution in [2.75, 3.05) is 0 Å². The van der Waals surface area contributed by atoms with Crippen LogP contribution in [-0.4, -0.2) is 0 Å². The van der Waals surface area contributed by atoms with E-state index in [2.05, 4.69) is 36.4 Å². The Morgan fingerprint density at radius 1 is 0.556 bits per heavy atom. The van der Waals surface area contributed by atoms with Gasteiger partial charge in [0.2, 0.25) is 0 Å². The van der Waals surface area contributed by atoms with E-state index in [0.717, 1.165) is 42.4 Å². The molecular formula is C25H16OS. The molecular weight excluding hydrogens is 348 g/mol. The van der Waals surface area contributed by atoms with E-state index >= 15 is 0 Å². The lowest BCUT2D eigenvalue weighted by Crippen LogP contribution is -2.03. The quantitative estimate of drug-likeness (QED) is 0.317. The van der Waals surface area contributed by atoms with Gasteiger partial charge in [0.05, 0.1) is 0 Å². The van der Waals surface area contributed by atoms with Crippen LogP contribution in [0.5, 0.6) is 0 Å². The molecule has 0 atom stereocenters. The molecule has 5 aromatic rings. The number of rotatable bonds is 2. The largest absolute Gasteiger partial charge is 0.288 e. The Bertz CT molecular complexity index is 1320. The van der Waals surface area contributed by atoms with Gasteiger partial charge in [0.15, 0.2) is 5.43 Å². The summed E-state index contributed by atoms with van der Waals surface area (Å²) < 4.78 is 2.05. The van der Waals surface area contributed by atoms with Crippen LogP contribution in [0.4, 0.5) is 0 Å². The molecule has 27 heavy (non-hydrogen) atoms. The summed E-state index contributed by atoms with van der Waals surface area (Å²) in [6, 6.07) is 32.6. The lowest BCUT2D eigenvalue weighted by molar-refractivity contribution is 1.61. The monoisotopic (exact) mass is 364 g/mol. The van der Waals surface area contributed by atoms with Crippen molar-refractivity contribution in [3.63, 3.8) is 0 Å². The van der Waals surface area contributed by atoms with E-state index in [4.69, 9.17) is 0 Å². The molecule has 2 heteroatoms. The van der Waals surface area contributed by atoms with E-state index in [1.54, 1.807) is 11.3 Å². The highest BCUT2D eigenvalue weighted by atomic mass is 32.1. The zero-order chi connectivity index (χ0) is 18.2. The molecule has 1 heterocycles. The minimum Gasteiger partial charge on any atom is -0.288 e. The summed E-state index contributed by atoms with van der Waals surface area (Å²) in [7, 11) is 0. The fourth-order valence-corrected chi connectivity index (χ4v) is 4.74. The van der Waals surface area contributed by atoms with Crippen molar-refractivity contribution in [3.05, 3.63) is 107 Å². The minimum absolute atomic E-state index is 0.107. The molecule has 5 rings (SSSR count). The highest BCUT2D eigenvalue weighted by Crippen LogP contribution is 2.39. The second-order valence-corrected chi connectivity index (χ2v) is 7.60. The van der Waals surface area contributed by atoms with Crippen molar-refractivity contribution in [3.8, 4) is 22.3 Å². The molecule has 0 aliphatic rings. The molecule has 0 saturated heterocycles. The molecule has 1 aromatic heterocycles. The second-order valence-electron chi connectivity index (χ2n) is 6.52. The molecule has 0 spiro atoms. The van der Waals surface area contributed by atoms with Gasteiger partial charge in [-0.25, -0.2) is 0 Å². The third-order valence-electron chi connectivity index (χ3n) is 4.89. The third kappa shape index (κ3) is 2.66. The molecule has 0 N–H and O–H groups in total. The molecule has 0 fully saturated rings. The van der Waals surface area contributed by atoms with Crippen LogP contribution in [0.1, 0.15) is 0 Å². The van der Waals surface area contributed by atoms with E-state index < -0.39 is 0 Å². The van der Waals surface area contributed by atoms with Gasteiger partial charge in [0.25, 0.3) is 0 Å². The van der Waals surface area contributed by atoms with Crippen molar-refractivity contribution < 1.29 is 0 Å². The van der Waals surface area contributed by atoms with Crippen molar-refractivity contribution in [2.45, 2.75) is 0 Å². The van der Waals surface area contributed by atoms with Gasteiger partial charge >= 0.3 is 0 Å². The standard InChI is InChI=1S/C25H16OS/c26-25-20-13-7-8-14-21(20)27-22-16-15-19(17-9-3-1-4-10-17)23(24(22)25)18-11-5-2-6-12-18/h1-16H. The summed E-state index contributed by atoms with van der Waals surface area (Å²) in [5.41, 5.74) is 4.41. The van der Waals surface area contributed by atoms with Crippen LogP contribution in [-0.2, 0) is 0 Å². The van der Waals surface area contributed by atoms with Gasteiger partial charge in [-0.05, 0) is 34.9 Å². The molecule has 0 amide bonds. The number of fused-ring (bicyclic) bond motifs is 2. The molecule has 0 bridgehead atoms. The van der Waals surface area contributed by atoms with Gasteiger partial charge in [0.1, 0.15) is 0 Å². The molecule has 128 valence electrons. The summed E-state index contributed by atoms with van der Waals surface area (Å²) in [5, 5.41) is 1.60. The molecule has 0 unspecified atom stereocenters. The first-order valence-corrected chi connectivity index (χ1v) is 9.74. The topological polar surface area (TPSA) is 17.1 Å². The Hall–Kier alpha value is -3.23. The van der Waals surface area contributed by atoms with Crippen molar-refractivity contribution in [1.82, 2.24) is 0 Å². The lowest BCUT2D eigenvalue weighted by atomic mass is 9.91. The Kier molecular flexibility index (Phi) is 3.84. The predicted octanol–water partition coefficient (Wildman–Crippen LogP) is 6.75. The van der Waals surface area contributed by atoms with Crippen LogP contribution in [0, 0.1) is 0 Å². The fourth-order valence-electron chi connectivity index (χ4n) is 3.65. The van der Waals surface area contributed by atoms with Crippen LogP contribution in [0.25, 0.3) is 42.4 Å². The van der Waals surface area contributed by atoms with Crippen molar-refractivity contribution >= 4 is 31.5 Å². The summed E-state index contributed by atoms with van der Waals surface area (Å²) in [4.78, 5) is 13.5. The molecule has 0 aliphatic heterocycles. The van der Waals surface area contributed by atoms with Crippen molar-refractivity contribution in [2.24, 2.45) is 0 Å². The molecule has 1 nitrogen and oxygen atoms in total. The van der Waals surface area contributed by atoms with Crippen molar-refractivity contribution in [1.29, 1.82) is 0 Å². The molecule has 4 aromatic carbocycles. The third-order valence-corrected chi connectivity index (χ3v) is 6.03. The first-order valence-electron chi connectivity index (χ1n) is 8.92. The number of hydrogen-bond acceptors (Lipinski definition) is 2. The maximum atomic E-state index is 13.5. The van der Waals surface area contributed by atoms with Crippen LogP contribution >= 0.6 is 11.3 Å². The van der Waals surface area contributed by atoms with E-state index in [1.807, 2.05) is 60.7 Å². The first kappa shape index (κ1) is 16.0. The molecule has 0 aliphatic carbocycles. The Morgan fingerprint density at radius 3 is 1.93 bits per heavy atom. The summed E-state index contributed by atoms with van der Waals surface area (Å²) in [6.45, 7) is 0. The predicted molar refractivity (Wildman–Crippen MR) is 116 cm³/mol. The van der Waals surface area contributed by atoms with Crippen LogP contribution in [0.15, 0.2) is 102 Å². The normalized spacial score (nSPS) is 11.1. The van der Waals surface area contributed by atoms with Gasteiger partial charge in [-0.2, -0.15) is 0 Å². The lowest BCUT2D eigenvalue weighted by Gasteiger charge is -2.14. The maximum absolute atomic E-state index is 13.5. The minimum atomic E-state index is 0.107. The van der Waals surface area contributed by atoms with Gasteiger partial charge in [-0.1, -0.05) is 78.9 Å². The van der Waals surface area contributed by atoms with E-state index in [9.17, 15) is 4.79 Å². The number of hydrogen-bond donors (Lipinski definition) is 0. The summed E-state index contributed by atoms with van der Waals surface area (Å²) in [6.07, 6.45) is 0. The molecule has 0 saturated carbocycles. The highest BCUT2D eigenvalue weighted by molar-refractivity contribution is 7.24. The van der Waals surface area contributed by atoms with Crippen LogP contribution in [0.3, 0.4) is 0 Å². The zero-order valence-corrected chi connectivity index (χ0v) is 15.4. The summed E-state index contributed by atoms with van der Waals surface area (Å²) >= 11 is 1.68. The van der Waals surface area contributed by atoms with Gasteiger partial charge in [0, 0.05) is 25.7 Å². The molecule has 0 radical (unpaired) electrons. The average molecular weight is 364 g/mol. The summed E-state index contributed by atoms with van der Waals surface area (Å²) in [5.74, 6) is 0. The number of benzene rings is 4. The highest BCUT2D eigenvalue weighted by Gasteiger charge is 2.16. The average Bonchev–Trinajstić information content (AvgIpc) is 2.74. The van der Waals surface area contributed by atoms with Crippen LogP contribution < -0.4 is 5.43 Å². The van der Waals surface area contributed by atoms with Crippen LogP contribution in [0.2, 0.25) is 0 Å². The smallest absolute Gasteiger partial charge is 0.196 e. The Morgan fingerprint density at radius 2 is 1.19 bits per heavy atom. The fraction of sp³-hybridized carbons (Fsp3) is 0. The first-order chi connectivity index (χ1) is 13.3. The van der Waals surface area contributed by atoms with E-state index in [-0.39, 0.29) is 5.43 Å². The SMILES string of the molecule is O=c1c2ccccc2sc2ccc(-c3ccccc3)c(-c3ccccc3)c12. The second kappa shape index (κ2) is 6.49. The van der Waals surface area contributed by atoms with Gasteiger partial charge in [-0.3, -0.25) is 4.79 Å². The Labute approximate surface area is 161 Å². The maximum Gasteiger partial charge on any atom is 0.196 e. The van der Waals surface area contributed by atoms with E-state index in [0.29, 0.717) is 0 Å². The van der Waals surface area contributed by atoms with Gasteiger partial charge < -0.3 is 0 Å². The zero-order valence-electron chi connectivity index (χ0n) is 14.6. The Balaban J connectivity index is 1.99. The van der Waals surface area contributed by atoms with Gasteiger partial charge in [-0.15, -0.1) is 11.3 Å². The van der Waals surface area contributed by atoms with E-state index in [1.165, 1.54) is 0 Å².